The number of nitrogen functional groups attached to an aromatic ring is 1. The molecule has 0 aliphatic carbocycles. The zero-order valence-electron chi connectivity index (χ0n) is 18.7. The van der Waals surface area contributed by atoms with Crippen molar-refractivity contribution in [3.05, 3.63) is 36.2 Å². The highest BCUT2D eigenvalue weighted by Crippen LogP contribution is 2.33. The number of hydrogen-bond acceptors (Lipinski definition) is 8. The molecule has 3 aromatic rings. The van der Waals surface area contributed by atoms with Crippen LogP contribution in [0.5, 0.6) is 0 Å². The van der Waals surface area contributed by atoms with Gasteiger partial charge >= 0.3 is 0 Å². The molecule has 1 fully saturated rings. The monoisotopic (exact) mass is 454 g/mol. The summed E-state index contributed by atoms with van der Waals surface area (Å²) < 4.78 is 1.79. The first-order valence-electron chi connectivity index (χ1n) is 10.7. The number of carbonyl (C=O) groups excluding carboxylic acids is 1. The molecule has 170 valence electrons. The van der Waals surface area contributed by atoms with E-state index in [0.717, 1.165) is 43.0 Å². The van der Waals surface area contributed by atoms with Gasteiger partial charge in [0.15, 0.2) is 11.5 Å². The number of nitrogens with one attached hydrogen (secondary N) is 1. The van der Waals surface area contributed by atoms with Crippen molar-refractivity contribution in [2.75, 3.05) is 54.6 Å². The van der Waals surface area contributed by atoms with E-state index in [1.54, 1.807) is 10.9 Å². The molecule has 0 unspecified atom stereocenters. The Kier molecular flexibility index (Phi) is 6.33. The lowest BCUT2D eigenvalue weighted by molar-refractivity contribution is 0.102. The maximum Gasteiger partial charge on any atom is 0.277 e. The van der Waals surface area contributed by atoms with E-state index in [4.69, 9.17) is 11.5 Å². The lowest BCUT2D eigenvalue weighted by Gasteiger charge is -2.33. The highest BCUT2D eigenvalue weighted by Gasteiger charge is 2.25. The molecule has 1 saturated heterocycles. The first-order chi connectivity index (χ1) is 15.4. The second-order valence-corrected chi connectivity index (χ2v) is 9.33. The van der Waals surface area contributed by atoms with Crippen LogP contribution in [0, 0.1) is 5.92 Å². The number of benzene rings is 1. The van der Waals surface area contributed by atoms with Gasteiger partial charge in [0.2, 0.25) is 0 Å². The fourth-order valence-corrected chi connectivity index (χ4v) is 4.82. The summed E-state index contributed by atoms with van der Waals surface area (Å²) in [4.78, 5) is 21.9. The molecule has 0 saturated carbocycles. The second kappa shape index (κ2) is 9.17. The van der Waals surface area contributed by atoms with E-state index >= 15 is 0 Å². The summed E-state index contributed by atoms with van der Waals surface area (Å²) in [5.74, 6) is 1.11. The lowest BCUT2D eigenvalue weighted by atomic mass is 9.97. The molecule has 1 amide bonds. The topological polar surface area (TPSA) is 118 Å². The van der Waals surface area contributed by atoms with Gasteiger partial charge in [-0.15, -0.1) is 0 Å². The highest BCUT2D eigenvalue weighted by molar-refractivity contribution is 7.19. The van der Waals surface area contributed by atoms with Crippen molar-refractivity contribution in [3.8, 4) is 10.6 Å². The van der Waals surface area contributed by atoms with Crippen molar-refractivity contribution < 1.29 is 4.79 Å². The lowest BCUT2D eigenvalue weighted by Crippen LogP contribution is -2.37. The van der Waals surface area contributed by atoms with Gasteiger partial charge in [0, 0.05) is 45.5 Å². The van der Waals surface area contributed by atoms with Crippen molar-refractivity contribution in [1.29, 1.82) is 0 Å². The van der Waals surface area contributed by atoms with Crippen molar-refractivity contribution >= 4 is 39.4 Å². The number of hydrogen-bond donors (Lipinski definition) is 3. The van der Waals surface area contributed by atoms with Crippen LogP contribution in [0.4, 0.5) is 22.2 Å². The molecule has 3 heterocycles. The van der Waals surface area contributed by atoms with Gasteiger partial charge in [-0.25, -0.2) is 4.98 Å². The first kappa shape index (κ1) is 22.1. The van der Waals surface area contributed by atoms with Crippen LogP contribution in [0.15, 0.2) is 30.5 Å². The molecule has 1 aromatic carbocycles. The van der Waals surface area contributed by atoms with Crippen LogP contribution in [-0.2, 0) is 7.05 Å². The molecule has 2 aromatic heterocycles. The molecule has 4 rings (SSSR count). The Morgan fingerprint density at radius 3 is 2.75 bits per heavy atom. The average Bonchev–Trinajstić information content (AvgIpc) is 3.36. The van der Waals surface area contributed by atoms with E-state index in [0.29, 0.717) is 28.2 Å². The van der Waals surface area contributed by atoms with Crippen molar-refractivity contribution in [3.63, 3.8) is 0 Å². The molecule has 32 heavy (non-hydrogen) atoms. The maximum atomic E-state index is 13.1. The summed E-state index contributed by atoms with van der Waals surface area (Å²) in [5.41, 5.74) is 14.9. The summed E-state index contributed by atoms with van der Waals surface area (Å²) in [6, 6.07) is 7.99. The average molecular weight is 455 g/mol. The molecule has 0 atom stereocenters. The number of amides is 1. The fourth-order valence-electron chi connectivity index (χ4n) is 3.99. The van der Waals surface area contributed by atoms with E-state index in [1.807, 2.05) is 50.3 Å². The Balaban J connectivity index is 1.54. The number of aromatic nitrogens is 3. The van der Waals surface area contributed by atoms with E-state index in [1.165, 1.54) is 11.3 Å². The molecule has 0 radical (unpaired) electrons. The third kappa shape index (κ3) is 4.42. The smallest absolute Gasteiger partial charge is 0.277 e. The molecular formula is C22H30N8OS. The Bertz CT molecular complexity index is 1100. The minimum absolute atomic E-state index is 0.233. The number of carbonyl (C=O) groups is 1. The Morgan fingerprint density at radius 2 is 2.06 bits per heavy atom. The van der Waals surface area contributed by atoms with Gasteiger partial charge in [-0.1, -0.05) is 23.5 Å². The first-order valence-corrected chi connectivity index (χ1v) is 11.5. The van der Waals surface area contributed by atoms with Crippen LogP contribution in [0.2, 0.25) is 0 Å². The number of anilines is 4. The van der Waals surface area contributed by atoms with Crippen LogP contribution >= 0.6 is 11.3 Å². The largest absolute Gasteiger partial charge is 0.389 e. The van der Waals surface area contributed by atoms with E-state index in [2.05, 4.69) is 20.3 Å². The van der Waals surface area contributed by atoms with Gasteiger partial charge in [-0.2, -0.15) is 5.10 Å². The Morgan fingerprint density at radius 1 is 1.31 bits per heavy atom. The molecule has 0 spiro atoms. The Labute approximate surface area is 192 Å². The summed E-state index contributed by atoms with van der Waals surface area (Å²) in [6.45, 7) is 2.48. The molecule has 5 N–H and O–H groups in total. The van der Waals surface area contributed by atoms with Gasteiger partial charge in [0.05, 0.1) is 6.20 Å². The molecule has 0 bridgehead atoms. The van der Waals surface area contributed by atoms with Crippen LogP contribution in [0.25, 0.3) is 10.6 Å². The molecule has 9 nitrogen and oxygen atoms in total. The summed E-state index contributed by atoms with van der Waals surface area (Å²) >= 11 is 1.31. The number of aryl methyl sites for hydroxylation is 1. The van der Waals surface area contributed by atoms with Gasteiger partial charge in [0.25, 0.3) is 5.91 Å². The summed E-state index contributed by atoms with van der Waals surface area (Å²) in [5, 5.41) is 8.44. The SMILES string of the molecule is CN(C)c1cccc(-c2nc(C(=O)Nc3cnn(C)c3N3CCC(CN)CC3)c(N)s2)c1. The minimum Gasteiger partial charge on any atom is -0.389 e. The predicted octanol–water partition coefficient (Wildman–Crippen LogP) is 2.62. The van der Waals surface area contributed by atoms with Crippen LogP contribution in [-0.4, -0.2) is 54.4 Å². The standard InChI is InChI=1S/C22H30N8OS/c1-28(2)16-6-4-5-15(11-16)21-27-18(19(24)32-21)20(31)26-17-13-25-29(3)22(17)30-9-7-14(12-23)8-10-30/h4-6,11,13-14H,7-10,12,23-24H2,1-3H3,(H,26,31). The fraction of sp³-hybridized carbons (Fsp3) is 0.409. The van der Waals surface area contributed by atoms with Gasteiger partial charge in [-0.05, 0) is 37.4 Å². The third-order valence-electron chi connectivity index (χ3n) is 5.88. The van der Waals surface area contributed by atoms with E-state index < -0.39 is 0 Å². The Hall–Kier alpha value is -3.11. The number of piperidine rings is 1. The summed E-state index contributed by atoms with van der Waals surface area (Å²) in [6.07, 6.45) is 3.74. The van der Waals surface area contributed by atoms with Gasteiger partial charge < -0.3 is 26.6 Å². The number of nitrogens with zero attached hydrogens (tertiary/aromatic N) is 5. The zero-order valence-corrected chi connectivity index (χ0v) is 19.5. The minimum atomic E-state index is -0.333. The van der Waals surface area contributed by atoms with Gasteiger partial charge in [0.1, 0.15) is 15.7 Å². The van der Waals surface area contributed by atoms with E-state index in [-0.39, 0.29) is 11.6 Å². The van der Waals surface area contributed by atoms with Gasteiger partial charge in [-0.3, -0.25) is 9.48 Å². The molecule has 1 aliphatic heterocycles. The highest BCUT2D eigenvalue weighted by atomic mass is 32.1. The molecular weight excluding hydrogens is 424 g/mol. The second-order valence-electron chi connectivity index (χ2n) is 8.30. The molecule has 10 heteroatoms. The van der Waals surface area contributed by atoms with Crippen molar-refractivity contribution in [2.45, 2.75) is 12.8 Å². The number of nitrogens with two attached hydrogens (primary N) is 2. The summed E-state index contributed by atoms with van der Waals surface area (Å²) in [7, 11) is 5.85. The quantitative estimate of drug-likeness (QED) is 0.524. The number of rotatable bonds is 6. The van der Waals surface area contributed by atoms with Crippen LogP contribution in [0.3, 0.4) is 0 Å². The maximum absolute atomic E-state index is 13.1. The molecule has 1 aliphatic rings. The number of thiazole rings is 1. The van der Waals surface area contributed by atoms with Crippen molar-refractivity contribution in [2.24, 2.45) is 18.7 Å². The van der Waals surface area contributed by atoms with Crippen LogP contribution < -0.4 is 26.6 Å². The van der Waals surface area contributed by atoms with E-state index in [9.17, 15) is 4.79 Å². The third-order valence-corrected chi connectivity index (χ3v) is 6.81. The normalized spacial score (nSPS) is 14.6. The van der Waals surface area contributed by atoms with Crippen LogP contribution in [0.1, 0.15) is 23.3 Å². The van der Waals surface area contributed by atoms with Crippen molar-refractivity contribution in [1.82, 2.24) is 14.8 Å². The zero-order chi connectivity index (χ0) is 22.8. The predicted molar refractivity (Wildman–Crippen MR) is 131 cm³/mol.